The minimum Gasteiger partial charge on any atom is -0.477 e. The van der Waals surface area contributed by atoms with E-state index in [1.807, 2.05) is 16.7 Å². The highest BCUT2D eigenvalue weighted by Crippen LogP contribution is 2.28. The monoisotopic (exact) mass is 301 g/mol. The Labute approximate surface area is 133 Å². The van der Waals surface area contributed by atoms with Crippen molar-refractivity contribution in [3.05, 3.63) is 35.5 Å². The van der Waals surface area contributed by atoms with Crippen molar-refractivity contribution in [2.24, 2.45) is 0 Å². The number of benzene rings is 1. The fourth-order valence-corrected chi connectivity index (χ4v) is 3.18. The van der Waals surface area contributed by atoms with E-state index in [-0.39, 0.29) is 0 Å². The maximum Gasteiger partial charge on any atom is 0.352 e. The second kappa shape index (κ2) is 8.02. The highest BCUT2D eigenvalue weighted by Gasteiger charge is 2.21. The number of carbonyl (C=O) groups is 1. The van der Waals surface area contributed by atoms with Crippen LogP contribution in [0.3, 0.4) is 0 Å². The summed E-state index contributed by atoms with van der Waals surface area (Å²) in [6.07, 6.45) is 7.52. The molecule has 0 fully saturated rings. The summed E-state index contributed by atoms with van der Waals surface area (Å²) in [6.45, 7) is 5.14. The molecule has 3 heteroatoms. The molecule has 0 saturated carbocycles. The van der Waals surface area contributed by atoms with Gasteiger partial charge in [-0.2, -0.15) is 0 Å². The van der Waals surface area contributed by atoms with Crippen LogP contribution in [0.2, 0.25) is 0 Å². The predicted octanol–water partition coefficient (Wildman–Crippen LogP) is 5.26. The van der Waals surface area contributed by atoms with Gasteiger partial charge in [0.15, 0.2) is 0 Å². The number of carboxylic acids is 1. The Balaban J connectivity index is 2.45. The fraction of sp³-hybridized carbons (Fsp3) is 0.526. The van der Waals surface area contributed by atoms with E-state index in [0.717, 1.165) is 68.0 Å². The molecule has 0 aliphatic carbocycles. The Bertz CT molecular complexity index is 581. The Morgan fingerprint density at radius 2 is 1.73 bits per heavy atom. The second-order valence-corrected chi connectivity index (χ2v) is 5.97. The van der Waals surface area contributed by atoms with Crippen LogP contribution in [0.1, 0.15) is 68.4 Å². The summed E-state index contributed by atoms with van der Waals surface area (Å²) in [5.74, 6) is -0.792. The van der Waals surface area contributed by atoms with Crippen molar-refractivity contribution in [3.8, 4) is 0 Å². The molecule has 0 radical (unpaired) electrons. The lowest BCUT2D eigenvalue weighted by Gasteiger charge is -2.08. The van der Waals surface area contributed by atoms with Crippen molar-refractivity contribution >= 4 is 16.9 Å². The summed E-state index contributed by atoms with van der Waals surface area (Å²) in [4.78, 5) is 11.9. The van der Waals surface area contributed by atoms with Crippen LogP contribution in [0.5, 0.6) is 0 Å². The van der Waals surface area contributed by atoms with Crippen LogP contribution in [-0.2, 0) is 13.0 Å². The molecule has 0 aliphatic rings. The predicted molar refractivity (Wildman–Crippen MR) is 91.7 cm³/mol. The zero-order valence-electron chi connectivity index (χ0n) is 13.8. The average Bonchev–Trinajstić information content (AvgIpc) is 2.82. The van der Waals surface area contributed by atoms with Gasteiger partial charge in [-0.05, 0) is 30.9 Å². The molecule has 3 nitrogen and oxygen atoms in total. The molecule has 1 aromatic heterocycles. The van der Waals surface area contributed by atoms with E-state index in [4.69, 9.17) is 0 Å². The SMILES string of the molecule is CCCCCc1c(C(=O)O)n(CCCCC)c2ccccc12. The van der Waals surface area contributed by atoms with Crippen LogP contribution < -0.4 is 0 Å². The Morgan fingerprint density at radius 3 is 2.41 bits per heavy atom. The summed E-state index contributed by atoms with van der Waals surface area (Å²) in [6, 6.07) is 8.13. The lowest BCUT2D eigenvalue weighted by Crippen LogP contribution is -2.11. The molecule has 0 saturated heterocycles. The quantitative estimate of drug-likeness (QED) is 0.642. The molecule has 0 spiro atoms. The lowest BCUT2D eigenvalue weighted by molar-refractivity contribution is 0.0684. The van der Waals surface area contributed by atoms with Gasteiger partial charge in [0, 0.05) is 17.4 Å². The average molecular weight is 301 g/mol. The third kappa shape index (κ3) is 3.52. The first-order valence-electron chi connectivity index (χ1n) is 8.54. The van der Waals surface area contributed by atoms with Crippen molar-refractivity contribution in [1.82, 2.24) is 4.57 Å². The number of fused-ring (bicyclic) bond motifs is 1. The number of hydrogen-bond donors (Lipinski definition) is 1. The van der Waals surface area contributed by atoms with Gasteiger partial charge in [-0.3, -0.25) is 0 Å². The van der Waals surface area contributed by atoms with Crippen LogP contribution >= 0.6 is 0 Å². The molecular formula is C19H27NO2. The van der Waals surface area contributed by atoms with Gasteiger partial charge in [-0.25, -0.2) is 4.79 Å². The molecule has 0 bridgehead atoms. The Kier molecular flexibility index (Phi) is 6.05. The number of rotatable bonds is 9. The Morgan fingerprint density at radius 1 is 1.05 bits per heavy atom. The van der Waals surface area contributed by atoms with Crippen LogP contribution in [0, 0.1) is 0 Å². The van der Waals surface area contributed by atoms with Gasteiger partial charge >= 0.3 is 5.97 Å². The maximum absolute atomic E-state index is 11.9. The van der Waals surface area contributed by atoms with Crippen LogP contribution in [0.25, 0.3) is 10.9 Å². The number of aromatic carboxylic acids is 1. The first kappa shape index (κ1) is 16.6. The highest BCUT2D eigenvalue weighted by atomic mass is 16.4. The fourth-order valence-electron chi connectivity index (χ4n) is 3.18. The van der Waals surface area contributed by atoms with Crippen LogP contribution in [-0.4, -0.2) is 15.6 Å². The number of aryl methyl sites for hydroxylation is 2. The smallest absolute Gasteiger partial charge is 0.352 e. The van der Waals surface area contributed by atoms with Gasteiger partial charge in [-0.1, -0.05) is 57.7 Å². The molecule has 1 aromatic carbocycles. The first-order valence-corrected chi connectivity index (χ1v) is 8.54. The van der Waals surface area contributed by atoms with Gasteiger partial charge in [0.2, 0.25) is 0 Å². The van der Waals surface area contributed by atoms with Gasteiger partial charge < -0.3 is 9.67 Å². The molecule has 1 N–H and O–H groups in total. The molecule has 1 heterocycles. The van der Waals surface area contributed by atoms with E-state index in [2.05, 4.69) is 26.0 Å². The zero-order valence-corrected chi connectivity index (χ0v) is 13.8. The molecule has 0 aliphatic heterocycles. The molecular weight excluding hydrogens is 274 g/mol. The first-order chi connectivity index (χ1) is 10.7. The van der Waals surface area contributed by atoms with E-state index >= 15 is 0 Å². The molecule has 0 atom stereocenters. The normalized spacial score (nSPS) is 11.2. The van der Waals surface area contributed by atoms with E-state index < -0.39 is 5.97 Å². The van der Waals surface area contributed by atoms with E-state index in [1.165, 1.54) is 0 Å². The Hall–Kier alpha value is -1.77. The van der Waals surface area contributed by atoms with E-state index in [1.54, 1.807) is 0 Å². The molecule has 120 valence electrons. The number of para-hydroxylation sites is 1. The van der Waals surface area contributed by atoms with Crippen molar-refractivity contribution in [1.29, 1.82) is 0 Å². The van der Waals surface area contributed by atoms with Gasteiger partial charge in [0.1, 0.15) is 5.69 Å². The van der Waals surface area contributed by atoms with Gasteiger partial charge in [0.25, 0.3) is 0 Å². The van der Waals surface area contributed by atoms with Crippen molar-refractivity contribution in [2.45, 2.75) is 65.3 Å². The summed E-state index contributed by atoms with van der Waals surface area (Å²) in [5.41, 5.74) is 2.60. The minimum atomic E-state index is -0.792. The summed E-state index contributed by atoms with van der Waals surface area (Å²) in [5, 5.41) is 10.9. The largest absolute Gasteiger partial charge is 0.477 e. The van der Waals surface area contributed by atoms with Crippen LogP contribution in [0.4, 0.5) is 0 Å². The lowest BCUT2D eigenvalue weighted by atomic mass is 10.0. The molecule has 0 unspecified atom stereocenters. The van der Waals surface area contributed by atoms with E-state index in [9.17, 15) is 9.90 Å². The standard InChI is InChI=1S/C19H27NO2/c1-3-5-7-12-16-15-11-8-9-13-17(15)20(14-10-6-4-2)18(16)19(21)22/h8-9,11,13H,3-7,10,12,14H2,1-2H3,(H,21,22). The number of hydrogen-bond acceptors (Lipinski definition) is 1. The summed E-state index contributed by atoms with van der Waals surface area (Å²) >= 11 is 0. The number of nitrogens with zero attached hydrogens (tertiary/aromatic N) is 1. The maximum atomic E-state index is 11.9. The number of unbranched alkanes of at least 4 members (excludes halogenated alkanes) is 4. The van der Waals surface area contributed by atoms with E-state index in [0.29, 0.717) is 5.69 Å². The van der Waals surface area contributed by atoms with Crippen molar-refractivity contribution < 1.29 is 9.90 Å². The van der Waals surface area contributed by atoms with Gasteiger partial charge in [0.05, 0.1) is 0 Å². The highest BCUT2D eigenvalue weighted by molar-refractivity contribution is 5.98. The summed E-state index contributed by atoms with van der Waals surface area (Å²) in [7, 11) is 0. The summed E-state index contributed by atoms with van der Waals surface area (Å²) < 4.78 is 2.02. The number of carboxylic acid groups (broad SMARTS) is 1. The molecule has 0 amide bonds. The molecule has 2 rings (SSSR count). The van der Waals surface area contributed by atoms with Crippen molar-refractivity contribution in [2.75, 3.05) is 0 Å². The van der Waals surface area contributed by atoms with Gasteiger partial charge in [-0.15, -0.1) is 0 Å². The molecule has 2 aromatic rings. The van der Waals surface area contributed by atoms with Crippen molar-refractivity contribution in [3.63, 3.8) is 0 Å². The third-order valence-electron chi connectivity index (χ3n) is 4.29. The number of aromatic nitrogens is 1. The molecule has 22 heavy (non-hydrogen) atoms. The second-order valence-electron chi connectivity index (χ2n) is 5.97. The zero-order chi connectivity index (χ0) is 15.9. The minimum absolute atomic E-state index is 0.508. The van der Waals surface area contributed by atoms with Crippen LogP contribution in [0.15, 0.2) is 24.3 Å². The third-order valence-corrected chi connectivity index (χ3v) is 4.29. The topological polar surface area (TPSA) is 42.2 Å².